The predicted octanol–water partition coefficient (Wildman–Crippen LogP) is 1.82. The summed E-state index contributed by atoms with van der Waals surface area (Å²) in [6, 6.07) is 0. The average molecular weight is 200 g/mol. The number of hydrogen-bond donors (Lipinski definition) is 1. The van der Waals surface area contributed by atoms with Crippen molar-refractivity contribution in [3.63, 3.8) is 0 Å². The first-order valence-corrected chi connectivity index (χ1v) is 3.74. The molecular weight excluding hydrogens is 189 g/mol. The van der Waals surface area contributed by atoms with Gasteiger partial charge in [-0.1, -0.05) is 0 Å². The summed E-state index contributed by atoms with van der Waals surface area (Å²) in [7, 11) is 0. The van der Waals surface area contributed by atoms with Gasteiger partial charge in [-0.15, -0.1) is 0 Å². The number of rotatable bonds is 5. The zero-order valence-electron chi connectivity index (χ0n) is 7.10. The minimum atomic E-state index is -4.20. The molecule has 0 fully saturated rings. The molecule has 0 saturated carbocycles. The summed E-state index contributed by atoms with van der Waals surface area (Å²) in [5.41, 5.74) is 0. The molecule has 0 amide bonds. The van der Waals surface area contributed by atoms with E-state index in [1.54, 1.807) is 0 Å². The van der Waals surface area contributed by atoms with Gasteiger partial charge in [0, 0.05) is 13.0 Å². The van der Waals surface area contributed by atoms with E-state index >= 15 is 0 Å². The van der Waals surface area contributed by atoms with Crippen LogP contribution in [0.25, 0.3) is 0 Å². The van der Waals surface area contributed by atoms with E-state index in [9.17, 15) is 18.0 Å². The Labute approximate surface area is 73.5 Å². The summed E-state index contributed by atoms with van der Waals surface area (Å²) in [6.07, 6.45) is -6.40. The Bertz CT molecular complexity index is 167. The third kappa shape index (κ3) is 7.58. The van der Waals surface area contributed by atoms with E-state index in [4.69, 9.17) is 5.11 Å². The van der Waals surface area contributed by atoms with Gasteiger partial charge in [-0.3, -0.25) is 0 Å². The Kier molecular flexibility index (Phi) is 4.76. The fourth-order valence-corrected chi connectivity index (χ4v) is 0.604. The van der Waals surface area contributed by atoms with E-state index in [1.807, 2.05) is 0 Å². The van der Waals surface area contributed by atoms with Crippen LogP contribution in [0, 0.1) is 0 Å². The van der Waals surface area contributed by atoms with Crippen molar-refractivity contribution < 1.29 is 27.8 Å². The van der Waals surface area contributed by atoms with Crippen LogP contribution in [0.5, 0.6) is 0 Å². The van der Waals surface area contributed by atoms with Gasteiger partial charge in [0.1, 0.15) is 0 Å². The Morgan fingerprint density at radius 1 is 1.54 bits per heavy atom. The number of hydrogen-bond acceptors (Lipinski definition) is 2. The van der Waals surface area contributed by atoms with Crippen LogP contribution in [0.4, 0.5) is 13.2 Å². The first kappa shape index (κ1) is 12.2. The van der Waals surface area contributed by atoms with Gasteiger partial charge in [0.25, 0.3) is 0 Å². The molecule has 1 unspecified atom stereocenters. The summed E-state index contributed by atoms with van der Waals surface area (Å²) in [5, 5.41) is 8.29. The zero-order chi connectivity index (χ0) is 10.5. The molecule has 0 aliphatic carbocycles. The van der Waals surface area contributed by atoms with Gasteiger partial charge in [-0.25, -0.2) is 4.79 Å². The minimum Gasteiger partial charge on any atom is -0.479 e. The normalized spacial score (nSPS) is 14.2. The molecule has 1 atom stereocenters. The van der Waals surface area contributed by atoms with E-state index in [-0.39, 0.29) is 13.0 Å². The molecule has 0 aromatic rings. The highest BCUT2D eigenvalue weighted by atomic mass is 19.4. The summed E-state index contributed by atoms with van der Waals surface area (Å²) < 4.78 is 39.3. The highest BCUT2D eigenvalue weighted by Gasteiger charge is 2.26. The molecular formula is C7H11F3O3. The van der Waals surface area contributed by atoms with Crippen LogP contribution in [-0.2, 0) is 9.53 Å². The monoisotopic (exact) mass is 200 g/mol. The third-order valence-electron chi connectivity index (χ3n) is 1.32. The summed E-state index contributed by atoms with van der Waals surface area (Å²) in [5.74, 6) is -1.17. The van der Waals surface area contributed by atoms with Gasteiger partial charge >= 0.3 is 12.1 Å². The van der Waals surface area contributed by atoms with E-state index in [2.05, 4.69) is 4.74 Å². The van der Waals surface area contributed by atoms with Crippen LogP contribution in [-0.4, -0.2) is 30.0 Å². The second-order valence-corrected chi connectivity index (χ2v) is 2.57. The molecule has 0 aliphatic rings. The Morgan fingerprint density at radius 2 is 2.08 bits per heavy atom. The fourth-order valence-electron chi connectivity index (χ4n) is 0.604. The molecule has 1 N–H and O–H groups in total. The number of aliphatic carboxylic acids is 1. The van der Waals surface area contributed by atoms with Gasteiger partial charge in [0.05, 0.1) is 0 Å². The maximum Gasteiger partial charge on any atom is 0.389 e. The molecule has 0 radical (unpaired) electrons. The van der Waals surface area contributed by atoms with Crippen molar-refractivity contribution in [3.8, 4) is 0 Å². The van der Waals surface area contributed by atoms with Gasteiger partial charge in [-0.2, -0.15) is 13.2 Å². The van der Waals surface area contributed by atoms with Crippen LogP contribution in [0.2, 0.25) is 0 Å². The van der Waals surface area contributed by atoms with Crippen LogP contribution in [0.3, 0.4) is 0 Å². The van der Waals surface area contributed by atoms with Crippen LogP contribution >= 0.6 is 0 Å². The van der Waals surface area contributed by atoms with Crippen molar-refractivity contribution in [1.29, 1.82) is 0 Å². The zero-order valence-corrected chi connectivity index (χ0v) is 7.10. The number of ether oxygens (including phenoxy) is 1. The van der Waals surface area contributed by atoms with Crippen LogP contribution < -0.4 is 0 Å². The number of alkyl halides is 3. The van der Waals surface area contributed by atoms with E-state index < -0.39 is 24.7 Å². The highest BCUT2D eigenvalue weighted by molar-refractivity contribution is 5.71. The maximum atomic E-state index is 11.6. The summed E-state index contributed by atoms with van der Waals surface area (Å²) >= 11 is 0. The Balaban J connectivity index is 3.41. The number of carbonyl (C=O) groups is 1. The van der Waals surface area contributed by atoms with E-state index in [1.165, 1.54) is 6.92 Å². The maximum absolute atomic E-state index is 11.6. The van der Waals surface area contributed by atoms with Crippen molar-refractivity contribution in [2.75, 3.05) is 6.61 Å². The van der Waals surface area contributed by atoms with Crippen molar-refractivity contribution in [3.05, 3.63) is 0 Å². The fraction of sp³-hybridized carbons (Fsp3) is 0.857. The predicted molar refractivity (Wildman–Crippen MR) is 38.3 cm³/mol. The van der Waals surface area contributed by atoms with E-state index in [0.717, 1.165) is 0 Å². The molecule has 0 saturated heterocycles. The van der Waals surface area contributed by atoms with Crippen LogP contribution in [0.15, 0.2) is 0 Å². The SMILES string of the molecule is CC(OCCCC(F)(F)F)C(=O)O. The van der Waals surface area contributed by atoms with Gasteiger partial charge in [0.15, 0.2) is 6.10 Å². The number of halogens is 3. The Hall–Kier alpha value is -0.780. The lowest BCUT2D eigenvalue weighted by molar-refractivity contribution is -0.151. The third-order valence-corrected chi connectivity index (χ3v) is 1.32. The first-order valence-electron chi connectivity index (χ1n) is 3.74. The number of carboxylic acids is 1. The molecule has 0 aromatic heterocycles. The lowest BCUT2D eigenvalue weighted by Gasteiger charge is -2.09. The lowest BCUT2D eigenvalue weighted by atomic mass is 10.3. The van der Waals surface area contributed by atoms with Gasteiger partial charge < -0.3 is 9.84 Å². The van der Waals surface area contributed by atoms with Gasteiger partial charge in [-0.05, 0) is 13.3 Å². The molecule has 13 heavy (non-hydrogen) atoms. The van der Waals surface area contributed by atoms with Crippen molar-refractivity contribution in [2.45, 2.75) is 32.0 Å². The van der Waals surface area contributed by atoms with Crippen molar-refractivity contribution in [1.82, 2.24) is 0 Å². The quantitative estimate of drug-likeness (QED) is 0.688. The molecule has 78 valence electrons. The second kappa shape index (κ2) is 5.06. The number of carboxylic acid groups (broad SMARTS) is 1. The molecule has 3 nitrogen and oxygen atoms in total. The van der Waals surface area contributed by atoms with Crippen molar-refractivity contribution >= 4 is 5.97 Å². The standard InChI is InChI=1S/C7H11F3O3/c1-5(6(11)12)13-4-2-3-7(8,9)10/h5H,2-4H2,1H3,(H,11,12). The highest BCUT2D eigenvalue weighted by Crippen LogP contribution is 2.21. The molecule has 6 heteroatoms. The van der Waals surface area contributed by atoms with Crippen molar-refractivity contribution in [2.24, 2.45) is 0 Å². The molecule has 0 rings (SSSR count). The van der Waals surface area contributed by atoms with Gasteiger partial charge in [0.2, 0.25) is 0 Å². The molecule has 0 heterocycles. The molecule has 0 bridgehead atoms. The largest absolute Gasteiger partial charge is 0.479 e. The lowest BCUT2D eigenvalue weighted by Crippen LogP contribution is -2.21. The minimum absolute atomic E-state index is 0.188. The summed E-state index contributed by atoms with van der Waals surface area (Å²) in [4.78, 5) is 10.1. The van der Waals surface area contributed by atoms with E-state index in [0.29, 0.717) is 0 Å². The average Bonchev–Trinajstić information content (AvgIpc) is 1.95. The molecule has 0 aromatic carbocycles. The van der Waals surface area contributed by atoms with Crippen LogP contribution in [0.1, 0.15) is 19.8 Å². The smallest absolute Gasteiger partial charge is 0.389 e. The molecule has 0 spiro atoms. The first-order chi connectivity index (χ1) is 5.83. The summed E-state index contributed by atoms with van der Waals surface area (Å²) in [6.45, 7) is 1.09. The Morgan fingerprint density at radius 3 is 2.46 bits per heavy atom. The second-order valence-electron chi connectivity index (χ2n) is 2.57. The topological polar surface area (TPSA) is 46.5 Å². The molecule has 0 aliphatic heterocycles.